The zero-order chi connectivity index (χ0) is 17.4. The molecule has 0 radical (unpaired) electrons. The first-order valence-corrected chi connectivity index (χ1v) is 8.89. The first kappa shape index (κ1) is 16.2. The van der Waals surface area contributed by atoms with Crippen molar-refractivity contribution in [2.75, 3.05) is 6.54 Å². The van der Waals surface area contributed by atoms with E-state index in [2.05, 4.69) is 29.6 Å². The van der Waals surface area contributed by atoms with Gasteiger partial charge in [0.25, 0.3) is 5.91 Å². The zero-order valence-electron chi connectivity index (χ0n) is 14.3. The largest absolute Gasteiger partial charge is 0.481 e. The SMILES string of the molecule is CC(Oc1cccc(CO)c1)C(=O)NCC1C2Cc3ccccc3C12. The Bertz CT molecular complexity index is 788. The van der Waals surface area contributed by atoms with E-state index in [1.54, 1.807) is 19.1 Å². The number of hydrogen-bond acceptors (Lipinski definition) is 3. The zero-order valence-corrected chi connectivity index (χ0v) is 14.3. The third-order valence-corrected chi connectivity index (χ3v) is 5.48. The van der Waals surface area contributed by atoms with E-state index < -0.39 is 6.10 Å². The Hall–Kier alpha value is -2.33. The second kappa shape index (κ2) is 6.52. The van der Waals surface area contributed by atoms with Crippen molar-refractivity contribution in [1.82, 2.24) is 5.32 Å². The van der Waals surface area contributed by atoms with Gasteiger partial charge in [-0.3, -0.25) is 4.79 Å². The maximum Gasteiger partial charge on any atom is 0.260 e. The Morgan fingerprint density at radius 3 is 2.96 bits per heavy atom. The number of amides is 1. The lowest BCUT2D eigenvalue weighted by atomic mass is 10.0. The van der Waals surface area contributed by atoms with Crippen molar-refractivity contribution in [2.24, 2.45) is 11.8 Å². The molecule has 0 aromatic heterocycles. The lowest BCUT2D eigenvalue weighted by molar-refractivity contribution is -0.127. The fourth-order valence-corrected chi connectivity index (χ4v) is 4.10. The molecule has 4 nitrogen and oxygen atoms in total. The third-order valence-electron chi connectivity index (χ3n) is 5.48. The van der Waals surface area contributed by atoms with Crippen LogP contribution in [0.1, 0.15) is 29.5 Å². The maximum absolute atomic E-state index is 12.3. The summed E-state index contributed by atoms with van der Waals surface area (Å²) in [5, 5.41) is 12.2. The Kier molecular flexibility index (Phi) is 4.22. The molecule has 2 aliphatic carbocycles. The van der Waals surface area contributed by atoms with Crippen LogP contribution in [0.2, 0.25) is 0 Å². The van der Waals surface area contributed by atoms with Crippen molar-refractivity contribution >= 4 is 5.91 Å². The molecule has 1 fully saturated rings. The molecule has 2 aliphatic rings. The smallest absolute Gasteiger partial charge is 0.260 e. The minimum atomic E-state index is -0.556. The van der Waals surface area contributed by atoms with E-state index in [9.17, 15) is 9.90 Å². The second-order valence-corrected chi connectivity index (χ2v) is 7.07. The van der Waals surface area contributed by atoms with Crippen LogP contribution in [0.5, 0.6) is 5.75 Å². The van der Waals surface area contributed by atoms with Gasteiger partial charge in [0.1, 0.15) is 5.75 Å². The standard InChI is InChI=1S/C21H23NO3/c1-13(25-16-7-4-5-14(9-16)12-23)21(24)22-11-19-18-10-15-6-2-3-8-17(15)20(18)19/h2-9,13,18-20,23H,10-12H2,1H3,(H,22,24). The second-order valence-electron chi connectivity index (χ2n) is 7.07. The van der Waals surface area contributed by atoms with Crippen LogP contribution in [0.25, 0.3) is 0 Å². The summed E-state index contributed by atoms with van der Waals surface area (Å²) in [6.45, 7) is 2.43. The molecule has 0 spiro atoms. The molecular formula is C21H23NO3. The maximum atomic E-state index is 12.3. The molecule has 1 amide bonds. The van der Waals surface area contributed by atoms with E-state index in [0.717, 1.165) is 12.0 Å². The van der Waals surface area contributed by atoms with Gasteiger partial charge in [-0.25, -0.2) is 0 Å². The molecule has 4 atom stereocenters. The highest BCUT2D eigenvalue weighted by atomic mass is 16.5. The van der Waals surface area contributed by atoms with Gasteiger partial charge in [0.15, 0.2) is 6.10 Å². The summed E-state index contributed by atoms with van der Waals surface area (Å²) in [5.74, 6) is 2.38. The number of aliphatic hydroxyl groups is 1. The minimum Gasteiger partial charge on any atom is -0.481 e. The van der Waals surface area contributed by atoms with Crippen LogP contribution in [0.4, 0.5) is 0 Å². The molecular weight excluding hydrogens is 314 g/mol. The molecule has 0 bridgehead atoms. The Labute approximate surface area is 147 Å². The average molecular weight is 337 g/mol. The molecule has 1 saturated carbocycles. The number of benzene rings is 2. The third kappa shape index (κ3) is 3.14. The number of hydrogen-bond donors (Lipinski definition) is 2. The minimum absolute atomic E-state index is 0.0380. The van der Waals surface area contributed by atoms with Crippen LogP contribution in [0.15, 0.2) is 48.5 Å². The average Bonchev–Trinajstić information content (AvgIpc) is 3.17. The molecule has 2 aromatic rings. The number of rotatable bonds is 6. The lowest BCUT2D eigenvalue weighted by Gasteiger charge is -2.16. The number of aliphatic hydroxyl groups excluding tert-OH is 1. The Morgan fingerprint density at radius 2 is 2.12 bits per heavy atom. The quantitative estimate of drug-likeness (QED) is 0.852. The van der Waals surface area contributed by atoms with Crippen LogP contribution < -0.4 is 10.1 Å². The first-order chi connectivity index (χ1) is 12.2. The monoisotopic (exact) mass is 337 g/mol. The summed E-state index contributed by atoms with van der Waals surface area (Å²) in [6.07, 6.45) is 0.585. The predicted octanol–water partition coefficient (Wildman–Crippen LogP) is 2.65. The van der Waals surface area contributed by atoms with Gasteiger partial charge < -0.3 is 15.2 Å². The lowest BCUT2D eigenvalue weighted by Crippen LogP contribution is -2.37. The molecule has 130 valence electrons. The Balaban J connectivity index is 1.29. The van der Waals surface area contributed by atoms with Gasteiger partial charge in [-0.2, -0.15) is 0 Å². The van der Waals surface area contributed by atoms with Crippen molar-refractivity contribution in [1.29, 1.82) is 0 Å². The van der Waals surface area contributed by atoms with Crippen molar-refractivity contribution in [2.45, 2.75) is 32.0 Å². The molecule has 2 aromatic carbocycles. The van der Waals surface area contributed by atoms with Crippen LogP contribution in [-0.2, 0) is 17.8 Å². The molecule has 4 heteroatoms. The molecule has 2 N–H and O–H groups in total. The normalized spacial score (nSPS) is 24.2. The van der Waals surface area contributed by atoms with E-state index in [-0.39, 0.29) is 12.5 Å². The number of carbonyl (C=O) groups excluding carboxylic acids is 1. The van der Waals surface area contributed by atoms with Gasteiger partial charge in [-0.1, -0.05) is 36.4 Å². The molecule has 4 rings (SSSR count). The van der Waals surface area contributed by atoms with E-state index in [4.69, 9.17) is 4.74 Å². The van der Waals surface area contributed by atoms with Crippen LogP contribution in [0.3, 0.4) is 0 Å². The van der Waals surface area contributed by atoms with Gasteiger partial charge in [-0.05, 0) is 59.9 Å². The van der Waals surface area contributed by atoms with Crippen LogP contribution in [0, 0.1) is 11.8 Å². The fourth-order valence-electron chi connectivity index (χ4n) is 4.10. The van der Waals surface area contributed by atoms with E-state index in [1.807, 2.05) is 12.1 Å². The molecule has 0 heterocycles. The summed E-state index contributed by atoms with van der Waals surface area (Å²) >= 11 is 0. The van der Waals surface area contributed by atoms with E-state index in [0.29, 0.717) is 30.0 Å². The predicted molar refractivity (Wildman–Crippen MR) is 95.3 cm³/mol. The summed E-state index contributed by atoms with van der Waals surface area (Å²) in [4.78, 5) is 12.3. The fraction of sp³-hybridized carbons (Fsp3) is 0.381. The van der Waals surface area contributed by atoms with Gasteiger partial charge >= 0.3 is 0 Å². The van der Waals surface area contributed by atoms with Crippen molar-refractivity contribution in [3.05, 3.63) is 65.2 Å². The highest BCUT2D eigenvalue weighted by Gasteiger charge is 2.55. The number of fused-ring (bicyclic) bond motifs is 3. The summed E-state index contributed by atoms with van der Waals surface area (Å²) in [7, 11) is 0. The van der Waals surface area contributed by atoms with Gasteiger partial charge in [0.05, 0.1) is 6.61 Å². The first-order valence-electron chi connectivity index (χ1n) is 8.89. The van der Waals surface area contributed by atoms with Gasteiger partial charge in [-0.15, -0.1) is 0 Å². The van der Waals surface area contributed by atoms with Gasteiger partial charge in [0, 0.05) is 6.54 Å². The summed E-state index contributed by atoms with van der Waals surface area (Å²) in [6, 6.07) is 15.8. The van der Waals surface area contributed by atoms with Gasteiger partial charge in [0.2, 0.25) is 0 Å². The number of carbonyl (C=O) groups is 1. The number of nitrogens with one attached hydrogen (secondary N) is 1. The molecule has 0 saturated heterocycles. The molecule has 0 aliphatic heterocycles. The Morgan fingerprint density at radius 1 is 1.28 bits per heavy atom. The molecule has 4 unspecified atom stereocenters. The van der Waals surface area contributed by atoms with Crippen LogP contribution >= 0.6 is 0 Å². The van der Waals surface area contributed by atoms with Crippen LogP contribution in [-0.4, -0.2) is 23.7 Å². The highest BCUT2D eigenvalue weighted by Crippen LogP contribution is 2.60. The van der Waals surface area contributed by atoms with Crippen molar-refractivity contribution in [3.8, 4) is 5.75 Å². The van der Waals surface area contributed by atoms with E-state index in [1.165, 1.54) is 11.1 Å². The van der Waals surface area contributed by atoms with E-state index >= 15 is 0 Å². The highest BCUT2D eigenvalue weighted by molar-refractivity contribution is 5.80. The number of ether oxygens (including phenoxy) is 1. The van der Waals surface area contributed by atoms with Crippen molar-refractivity contribution < 1.29 is 14.6 Å². The molecule has 25 heavy (non-hydrogen) atoms. The topological polar surface area (TPSA) is 58.6 Å². The summed E-state index contributed by atoms with van der Waals surface area (Å²) in [5.41, 5.74) is 3.71. The van der Waals surface area contributed by atoms with Crippen molar-refractivity contribution in [3.63, 3.8) is 0 Å². The summed E-state index contributed by atoms with van der Waals surface area (Å²) < 4.78 is 5.70.